The number of hydrogen-bond acceptors (Lipinski definition) is 4. The minimum Gasteiger partial charge on any atom is -0.480 e. The summed E-state index contributed by atoms with van der Waals surface area (Å²) >= 11 is 0. The Morgan fingerprint density at radius 1 is 1.75 bits per heavy atom. The smallest absolute Gasteiger partial charge is 0.321 e. The Balaban J connectivity index is 2.10. The zero-order valence-electron chi connectivity index (χ0n) is 9.27. The number of aromatic nitrogens is 1. The summed E-state index contributed by atoms with van der Waals surface area (Å²) in [6.07, 6.45) is 3.08. The lowest BCUT2D eigenvalue weighted by Gasteiger charge is -2.14. The van der Waals surface area contributed by atoms with Gasteiger partial charge in [-0.25, -0.2) is 4.98 Å². The minimum atomic E-state index is -1.02. The van der Waals surface area contributed by atoms with E-state index in [1.54, 1.807) is 0 Å². The number of oxazole rings is 1. The summed E-state index contributed by atoms with van der Waals surface area (Å²) in [5.41, 5.74) is 6.41. The molecule has 1 aliphatic carbocycles. The molecule has 1 aromatic rings. The highest BCUT2D eigenvalue weighted by atomic mass is 16.4. The van der Waals surface area contributed by atoms with Crippen LogP contribution in [0.5, 0.6) is 0 Å². The Bertz CT molecular complexity index is 400. The Morgan fingerprint density at radius 2 is 2.50 bits per heavy atom. The highest BCUT2D eigenvalue weighted by molar-refractivity contribution is 5.73. The number of aliphatic carboxylic acids is 1. The maximum Gasteiger partial charge on any atom is 0.321 e. The second-order valence-corrected chi connectivity index (χ2v) is 4.47. The van der Waals surface area contributed by atoms with E-state index in [9.17, 15) is 4.79 Å². The number of aryl methyl sites for hydroxylation is 1. The summed E-state index contributed by atoms with van der Waals surface area (Å²) in [6, 6.07) is -0.933. The van der Waals surface area contributed by atoms with Crippen molar-refractivity contribution in [1.82, 2.24) is 4.98 Å². The van der Waals surface area contributed by atoms with Gasteiger partial charge in [-0.1, -0.05) is 6.92 Å². The Kier molecular flexibility index (Phi) is 2.96. The summed E-state index contributed by atoms with van der Waals surface area (Å²) in [5, 5.41) is 8.69. The van der Waals surface area contributed by atoms with Crippen LogP contribution in [-0.4, -0.2) is 22.1 Å². The summed E-state index contributed by atoms with van der Waals surface area (Å²) in [7, 11) is 0. The SMILES string of the molecule is CC1CCc2oc(C[C@@H](N)C(=O)O)nc2C1. The number of carboxylic acid groups (broad SMARTS) is 1. The van der Waals surface area contributed by atoms with Crippen molar-refractivity contribution in [3.05, 3.63) is 17.3 Å². The van der Waals surface area contributed by atoms with Crippen molar-refractivity contribution in [3.63, 3.8) is 0 Å². The predicted octanol–water partition coefficient (Wildman–Crippen LogP) is 0.754. The minimum absolute atomic E-state index is 0.163. The van der Waals surface area contributed by atoms with E-state index in [1.807, 2.05) is 0 Å². The summed E-state index contributed by atoms with van der Waals surface area (Å²) < 4.78 is 5.52. The average Bonchev–Trinajstić information content (AvgIpc) is 2.58. The fraction of sp³-hybridized carbons (Fsp3) is 0.636. The molecule has 1 unspecified atom stereocenters. The van der Waals surface area contributed by atoms with Crippen LogP contribution < -0.4 is 5.73 Å². The third-order valence-electron chi connectivity index (χ3n) is 2.94. The average molecular weight is 224 g/mol. The summed E-state index contributed by atoms with van der Waals surface area (Å²) in [5.74, 6) is 0.961. The predicted molar refractivity (Wildman–Crippen MR) is 57.0 cm³/mol. The van der Waals surface area contributed by atoms with E-state index in [0.29, 0.717) is 11.8 Å². The second kappa shape index (κ2) is 4.25. The van der Waals surface area contributed by atoms with E-state index in [1.165, 1.54) is 0 Å². The van der Waals surface area contributed by atoms with Gasteiger partial charge in [-0.05, 0) is 18.8 Å². The number of nitrogens with two attached hydrogens (primary N) is 1. The molecule has 88 valence electrons. The molecule has 0 spiro atoms. The molecule has 2 rings (SSSR count). The van der Waals surface area contributed by atoms with Crippen molar-refractivity contribution in [2.45, 2.75) is 38.6 Å². The maximum absolute atomic E-state index is 10.6. The third-order valence-corrected chi connectivity index (χ3v) is 2.94. The molecular weight excluding hydrogens is 208 g/mol. The van der Waals surface area contributed by atoms with Gasteiger partial charge in [-0.15, -0.1) is 0 Å². The Hall–Kier alpha value is -1.36. The highest BCUT2D eigenvalue weighted by Gasteiger charge is 2.23. The maximum atomic E-state index is 10.6. The van der Waals surface area contributed by atoms with Gasteiger partial charge in [0.25, 0.3) is 0 Å². The van der Waals surface area contributed by atoms with Crippen molar-refractivity contribution in [1.29, 1.82) is 0 Å². The van der Waals surface area contributed by atoms with Crippen LogP contribution in [0.4, 0.5) is 0 Å². The van der Waals surface area contributed by atoms with Gasteiger partial charge in [-0.2, -0.15) is 0 Å². The zero-order valence-corrected chi connectivity index (χ0v) is 9.27. The monoisotopic (exact) mass is 224 g/mol. The van der Waals surface area contributed by atoms with Crippen molar-refractivity contribution in [2.24, 2.45) is 11.7 Å². The fourth-order valence-electron chi connectivity index (χ4n) is 1.96. The van der Waals surface area contributed by atoms with E-state index < -0.39 is 12.0 Å². The van der Waals surface area contributed by atoms with Crippen LogP contribution >= 0.6 is 0 Å². The third kappa shape index (κ3) is 2.24. The van der Waals surface area contributed by atoms with E-state index in [2.05, 4.69) is 11.9 Å². The van der Waals surface area contributed by atoms with E-state index >= 15 is 0 Å². The molecule has 3 N–H and O–H groups in total. The number of nitrogens with zero attached hydrogens (tertiary/aromatic N) is 1. The van der Waals surface area contributed by atoms with Gasteiger partial charge in [0.15, 0.2) is 5.89 Å². The molecule has 0 aromatic carbocycles. The van der Waals surface area contributed by atoms with Gasteiger partial charge >= 0.3 is 5.97 Å². The number of rotatable bonds is 3. The molecule has 1 aliphatic rings. The lowest BCUT2D eigenvalue weighted by molar-refractivity contribution is -0.138. The lowest BCUT2D eigenvalue weighted by atomic mass is 9.92. The number of fused-ring (bicyclic) bond motifs is 1. The van der Waals surface area contributed by atoms with Crippen LogP contribution in [0.25, 0.3) is 0 Å². The highest BCUT2D eigenvalue weighted by Crippen LogP contribution is 2.25. The lowest BCUT2D eigenvalue weighted by Crippen LogP contribution is -2.32. The molecule has 16 heavy (non-hydrogen) atoms. The molecule has 0 bridgehead atoms. The van der Waals surface area contributed by atoms with Gasteiger partial charge in [0, 0.05) is 6.42 Å². The van der Waals surface area contributed by atoms with E-state index in [-0.39, 0.29) is 6.42 Å². The van der Waals surface area contributed by atoms with Gasteiger partial charge in [0.1, 0.15) is 11.8 Å². The molecule has 0 saturated carbocycles. The van der Waals surface area contributed by atoms with Gasteiger partial charge < -0.3 is 15.3 Å². The van der Waals surface area contributed by atoms with Crippen LogP contribution in [0.3, 0.4) is 0 Å². The number of hydrogen-bond donors (Lipinski definition) is 2. The number of carboxylic acids is 1. The van der Waals surface area contributed by atoms with Gasteiger partial charge in [0.05, 0.1) is 12.1 Å². The summed E-state index contributed by atoms with van der Waals surface area (Å²) in [4.78, 5) is 14.9. The number of carbonyl (C=O) groups is 1. The molecular formula is C11H16N2O3. The topological polar surface area (TPSA) is 89.3 Å². The van der Waals surface area contributed by atoms with Crippen LogP contribution in [0.2, 0.25) is 0 Å². The van der Waals surface area contributed by atoms with Crippen molar-refractivity contribution < 1.29 is 14.3 Å². The molecule has 5 heteroatoms. The largest absolute Gasteiger partial charge is 0.480 e. The molecule has 0 saturated heterocycles. The Morgan fingerprint density at radius 3 is 3.19 bits per heavy atom. The first kappa shape index (κ1) is 11.1. The first-order valence-electron chi connectivity index (χ1n) is 5.52. The first-order valence-corrected chi connectivity index (χ1v) is 5.52. The van der Waals surface area contributed by atoms with Crippen molar-refractivity contribution >= 4 is 5.97 Å². The quantitative estimate of drug-likeness (QED) is 0.791. The second-order valence-electron chi connectivity index (χ2n) is 4.47. The molecule has 0 radical (unpaired) electrons. The van der Waals surface area contributed by atoms with Crippen LogP contribution in [-0.2, 0) is 24.1 Å². The van der Waals surface area contributed by atoms with E-state index in [4.69, 9.17) is 15.3 Å². The van der Waals surface area contributed by atoms with Gasteiger partial charge in [-0.3, -0.25) is 4.79 Å². The molecule has 0 fully saturated rings. The molecule has 2 atom stereocenters. The standard InChI is InChI=1S/C11H16N2O3/c1-6-2-3-9-8(4-6)13-10(16-9)5-7(12)11(14)15/h6-7H,2-5,12H2,1H3,(H,14,15)/t6?,7-/m1/s1. The molecule has 1 heterocycles. The van der Waals surface area contributed by atoms with E-state index in [0.717, 1.165) is 30.7 Å². The molecule has 1 aromatic heterocycles. The molecule has 5 nitrogen and oxygen atoms in total. The Labute approximate surface area is 93.7 Å². The fourth-order valence-corrected chi connectivity index (χ4v) is 1.96. The van der Waals surface area contributed by atoms with Crippen molar-refractivity contribution in [3.8, 4) is 0 Å². The van der Waals surface area contributed by atoms with Crippen LogP contribution in [0.15, 0.2) is 4.42 Å². The zero-order chi connectivity index (χ0) is 11.7. The van der Waals surface area contributed by atoms with Crippen LogP contribution in [0.1, 0.15) is 30.7 Å². The first-order chi connectivity index (χ1) is 7.56. The van der Waals surface area contributed by atoms with Crippen LogP contribution in [0, 0.1) is 5.92 Å². The summed E-state index contributed by atoms with van der Waals surface area (Å²) in [6.45, 7) is 2.18. The van der Waals surface area contributed by atoms with Crippen molar-refractivity contribution in [2.75, 3.05) is 0 Å². The normalized spacial score (nSPS) is 21.5. The molecule has 0 amide bonds. The molecule has 0 aliphatic heterocycles. The van der Waals surface area contributed by atoms with Gasteiger partial charge in [0.2, 0.25) is 0 Å².